The van der Waals surface area contributed by atoms with Crippen molar-refractivity contribution in [1.29, 1.82) is 0 Å². The van der Waals surface area contributed by atoms with E-state index in [9.17, 15) is 4.79 Å². The van der Waals surface area contributed by atoms with Crippen LogP contribution in [0.15, 0.2) is 37.1 Å². The Bertz CT molecular complexity index is 933. The summed E-state index contributed by atoms with van der Waals surface area (Å²) >= 11 is 0. The van der Waals surface area contributed by atoms with Crippen molar-refractivity contribution >= 4 is 11.7 Å². The third-order valence-electron chi connectivity index (χ3n) is 5.02. The average molecular weight is 366 g/mol. The summed E-state index contributed by atoms with van der Waals surface area (Å²) in [4.78, 5) is 22.1. The maximum absolute atomic E-state index is 11.4. The maximum atomic E-state index is 11.4. The Labute approximate surface area is 156 Å². The molecule has 0 bridgehead atoms. The molecule has 2 N–H and O–H groups in total. The zero-order chi connectivity index (χ0) is 18.8. The highest BCUT2D eigenvalue weighted by molar-refractivity contribution is 5.93. The summed E-state index contributed by atoms with van der Waals surface area (Å²) in [6.07, 6.45) is 9.14. The fourth-order valence-corrected chi connectivity index (χ4v) is 3.55. The van der Waals surface area contributed by atoms with E-state index in [1.165, 1.54) is 0 Å². The molecule has 3 aromatic heterocycles. The van der Waals surface area contributed by atoms with Gasteiger partial charge in [-0.1, -0.05) is 0 Å². The van der Waals surface area contributed by atoms with E-state index in [-0.39, 0.29) is 5.92 Å². The number of rotatable bonds is 5. The highest BCUT2D eigenvalue weighted by atomic mass is 16.1. The molecular formula is C18H22N8O. The van der Waals surface area contributed by atoms with Crippen molar-refractivity contribution in [2.24, 2.45) is 12.8 Å². The summed E-state index contributed by atoms with van der Waals surface area (Å²) in [7, 11) is 2.01. The van der Waals surface area contributed by atoms with Crippen molar-refractivity contribution in [3.8, 4) is 0 Å². The van der Waals surface area contributed by atoms with Gasteiger partial charge >= 0.3 is 0 Å². The number of hydrogen-bond acceptors (Lipinski definition) is 6. The second-order valence-corrected chi connectivity index (χ2v) is 6.82. The number of carbonyl (C=O) groups excluding carboxylic acids is 1. The zero-order valence-electron chi connectivity index (χ0n) is 15.2. The largest absolute Gasteiger partial charge is 0.366 e. The number of primary amides is 1. The van der Waals surface area contributed by atoms with Gasteiger partial charge in [-0.15, -0.1) is 10.2 Å². The first-order chi connectivity index (χ1) is 13.1. The minimum Gasteiger partial charge on any atom is -0.366 e. The van der Waals surface area contributed by atoms with Crippen molar-refractivity contribution < 1.29 is 4.79 Å². The summed E-state index contributed by atoms with van der Waals surface area (Å²) < 4.78 is 4.04. The fourth-order valence-electron chi connectivity index (χ4n) is 3.55. The molecule has 9 heteroatoms. The monoisotopic (exact) mass is 366 g/mol. The molecule has 1 aliphatic heterocycles. The van der Waals surface area contributed by atoms with Crippen LogP contribution in [0.5, 0.6) is 0 Å². The third-order valence-corrected chi connectivity index (χ3v) is 5.02. The molecule has 4 rings (SSSR count). The summed E-state index contributed by atoms with van der Waals surface area (Å²) in [5.41, 5.74) is 5.87. The number of imidazole rings is 1. The van der Waals surface area contributed by atoms with Gasteiger partial charge in [0.1, 0.15) is 11.6 Å². The van der Waals surface area contributed by atoms with Gasteiger partial charge in [0.05, 0.1) is 12.9 Å². The van der Waals surface area contributed by atoms with Crippen molar-refractivity contribution in [2.45, 2.75) is 25.3 Å². The van der Waals surface area contributed by atoms with E-state index >= 15 is 0 Å². The lowest BCUT2D eigenvalue weighted by Crippen LogP contribution is -2.36. The number of pyridine rings is 1. The van der Waals surface area contributed by atoms with Crippen LogP contribution < -0.4 is 10.6 Å². The number of nitrogens with zero attached hydrogens (tertiary/aromatic N) is 7. The molecule has 9 nitrogen and oxygen atoms in total. The van der Waals surface area contributed by atoms with Crippen molar-refractivity contribution in [1.82, 2.24) is 29.3 Å². The first-order valence-electron chi connectivity index (χ1n) is 8.96. The van der Waals surface area contributed by atoms with Gasteiger partial charge in [-0.3, -0.25) is 4.79 Å². The number of nitrogens with two attached hydrogens (primary N) is 1. The Morgan fingerprint density at radius 1 is 1.33 bits per heavy atom. The Kier molecular flexibility index (Phi) is 4.57. The lowest BCUT2D eigenvalue weighted by atomic mass is 9.97. The van der Waals surface area contributed by atoms with Gasteiger partial charge in [0.15, 0.2) is 5.82 Å². The van der Waals surface area contributed by atoms with Gasteiger partial charge in [0.25, 0.3) is 0 Å². The molecule has 0 spiro atoms. The molecule has 0 aromatic carbocycles. The molecule has 1 fully saturated rings. The highest BCUT2D eigenvalue weighted by Gasteiger charge is 2.27. The normalized spacial score (nSPS) is 17.2. The van der Waals surface area contributed by atoms with Crippen LogP contribution in [-0.4, -0.2) is 48.3 Å². The van der Waals surface area contributed by atoms with Gasteiger partial charge < -0.3 is 19.8 Å². The van der Waals surface area contributed by atoms with Gasteiger partial charge in [0, 0.05) is 50.2 Å². The first-order valence-corrected chi connectivity index (χ1v) is 8.96. The summed E-state index contributed by atoms with van der Waals surface area (Å²) in [6.45, 7) is 2.32. The van der Waals surface area contributed by atoms with E-state index in [0.717, 1.165) is 43.4 Å². The summed E-state index contributed by atoms with van der Waals surface area (Å²) in [5.74, 6) is 2.46. The van der Waals surface area contributed by atoms with Crippen LogP contribution in [0.25, 0.3) is 0 Å². The minimum absolute atomic E-state index is 0.256. The number of carbonyl (C=O) groups is 1. The van der Waals surface area contributed by atoms with E-state index in [2.05, 4.69) is 29.6 Å². The van der Waals surface area contributed by atoms with Gasteiger partial charge in [0.2, 0.25) is 5.91 Å². The standard InChI is InChI=1S/C18H22N8O/c1-24-16(11-25-8-6-20-12-25)22-23-18(24)14-3-2-7-26(10-14)15-9-13(17(19)27)4-5-21-15/h4-6,8-9,12,14H,2-3,7,10-11H2,1H3,(H2,19,27)/t14-/m0/s1. The molecule has 0 unspecified atom stereocenters. The van der Waals surface area contributed by atoms with Crippen LogP contribution in [0.4, 0.5) is 5.82 Å². The Morgan fingerprint density at radius 3 is 3.00 bits per heavy atom. The predicted molar refractivity (Wildman–Crippen MR) is 99.3 cm³/mol. The second-order valence-electron chi connectivity index (χ2n) is 6.82. The molecule has 3 aromatic rings. The number of amides is 1. The van der Waals surface area contributed by atoms with Gasteiger partial charge in [-0.05, 0) is 25.0 Å². The Balaban J connectivity index is 1.52. The van der Waals surface area contributed by atoms with Crippen molar-refractivity contribution in [3.05, 3.63) is 54.3 Å². The molecule has 1 aliphatic rings. The van der Waals surface area contributed by atoms with E-state index < -0.39 is 5.91 Å². The molecule has 1 atom stereocenters. The van der Waals surface area contributed by atoms with E-state index in [4.69, 9.17) is 5.73 Å². The molecule has 140 valence electrons. The minimum atomic E-state index is -0.440. The van der Waals surface area contributed by atoms with Crippen LogP contribution in [0.2, 0.25) is 0 Å². The smallest absolute Gasteiger partial charge is 0.248 e. The average Bonchev–Trinajstić information content (AvgIpc) is 3.33. The third kappa shape index (κ3) is 3.53. The lowest BCUT2D eigenvalue weighted by molar-refractivity contribution is 0.1000. The van der Waals surface area contributed by atoms with E-state index in [1.807, 2.05) is 17.8 Å². The Morgan fingerprint density at radius 2 is 2.22 bits per heavy atom. The molecule has 1 amide bonds. The van der Waals surface area contributed by atoms with E-state index in [0.29, 0.717) is 12.1 Å². The lowest BCUT2D eigenvalue weighted by Gasteiger charge is -2.33. The van der Waals surface area contributed by atoms with Crippen LogP contribution in [0.1, 0.15) is 40.8 Å². The summed E-state index contributed by atoms with van der Waals surface area (Å²) in [6, 6.07) is 3.39. The van der Waals surface area contributed by atoms with Crippen LogP contribution in [0.3, 0.4) is 0 Å². The number of aromatic nitrogens is 6. The molecule has 0 saturated carbocycles. The highest BCUT2D eigenvalue weighted by Crippen LogP contribution is 2.28. The van der Waals surface area contributed by atoms with Crippen LogP contribution >= 0.6 is 0 Å². The van der Waals surface area contributed by atoms with Crippen molar-refractivity contribution in [3.63, 3.8) is 0 Å². The van der Waals surface area contributed by atoms with Gasteiger partial charge in [-0.25, -0.2) is 9.97 Å². The fraction of sp³-hybridized carbons (Fsp3) is 0.389. The van der Waals surface area contributed by atoms with Gasteiger partial charge in [-0.2, -0.15) is 0 Å². The summed E-state index contributed by atoms with van der Waals surface area (Å²) in [5, 5.41) is 8.82. The molecule has 0 radical (unpaired) electrons. The van der Waals surface area contributed by atoms with Crippen LogP contribution in [0, 0.1) is 0 Å². The number of anilines is 1. The topological polar surface area (TPSA) is 108 Å². The maximum Gasteiger partial charge on any atom is 0.248 e. The molecule has 1 saturated heterocycles. The first kappa shape index (κ1) is 17.2. The molecular weight excluding hydrogens is 344 g/mol. The number of hydrogen-bond donors (Lipinski definition) is 1. The zero-order valence-corrected chi connectivity index (χ0v) is 15.2. The second kappa shape index (κ2) is 7.18. The SMILES string of the molecule is Cn1c(Cn2ccnc2)nnc1[C@H]1CCCN(c2cc(C(N)=O)ccn2)C1. The molecule has 0 aliphatic carbocycles. The Hall–Kier alpha value is -3.23. The quantitative estimate of drug-likeness (QED) is 0.720. The molecule has 27 heavy (non-hydrogen) atoms. The van der Waals surface area contributed by atoms with Crippen molar-refractivity contribution in [2.75, 3.05) is 18.0 Å². The number of piperidine rings is 1. The molecule has 4 heterocycles. The predicted octanol–water partition coefficient (Wildman–Crippen LogP) is 0.938. The van der Waals surface area contributed by atoms with E-state index in [1.54, 1.807) is 30.9 Å². The van der Waals surface area contributed by atoms with Crippen LogP contribution in [-0.2, 0) is 13.6 Å².